The Morgan fingerprint density at radius 2 is 1.69 bits per heavy atom. The highest BCUT2D eigenvalue weighted by Crippen LogP contribution is 2.42. The predicted octanol–water partition coefficient (Wildman–Crippen LogP) is 3.07. The van der Waals surface area contributed by atoms with Crippen molar-refractivity contribution in [1.29, 1.82) is 0 Å². The van der Waals surface area contributed by atoms with Crippen LogP contribution in [0.25, 0.3) is 0 Å². The minimum Gasteiger partial charge on any atom is -0.373 e. The average molecular weight is 444 g/mol. The molecular weight excluding hydrogens is 409 g/mol. The molecule has 1 aromatic rings. The fraction of sp³-hybridized carbons (Fsp3) is 0.682. The van der Waals surface area contributed by atoms with Gasteiger partial charge in [0, 0.05) is 26.7 Å². The van der Waals surface area contributed by atoms with Crippen molar-refractivity contribution in [3.8, 4) is 0 Å². The summed E-state index contributed by atoms with van der Waals surface area (Å²) >= 11 is 0. The Morgan fingerprint density at radius 3 is 2.28 bits per heavy atom. The summed E-state index contributed by atoms with van der Waals surface area (Å²) in [5.41, 5.74) is 1.32. The average Bonchev–Trinajstić information content (AvgIpc) is 3.04. The van der Waals surface area contributed by atoms with E-state index < -0.39 is 0 Å². The first-order valence-corrected chi connectivity index (χ1v) is 10.4. The van der Waals surface area contributed by atoms with Gasteiger partial charge >= 0.3 is 0 Å². The van der Waals surface area contributed by atoms with Crippen LogP contribution in [0.5, 0.6) is 0 Å². The van der Waals surface area contributed by atoms with E-state index >= 15 is 0 Å². The number of rotatable bonds is 3. The Hall–Kier alpha value is -0.850. The number of hydrogen-bond acceptors (Lipinski definition) is 4. The minimum absolute atomic E-state index is 0. The molecule has 0 radical (unpaired) electrons. The lowest BCUT2D eigenvalue weighted by Gasteiger charge is -2.42. The number of amides is 1. The zero-order chi connectivity index (χ0) is 18.9. The molecule has 1 unspecified atom stereocenters. The monoisotopic (exact) mass is 443 g/mol. The maximum atomic E-state index is 13.3. The van der Waals surface area contributed by atoms with Gasteiger partial charge in [-0.2, -0.15) is 0 Å². The molecule has 1 aromatic carbocycles. The summed E-state index contributed by atoms with van der Waals surface area (Å²) in [4.78, 5) is 17.7. The molecule has 3 aliphatic rings. The fourth-order valence-electron chi connectivity index (χ4n) is 5.52. The second-order valence-corrected chi connectivity index (χ2v) is 8.77. The lowest BCUT2D eigenvalue weighted by molar-refractivity contribution is -0.141. The van der Waals surface area contributed by atoms with Crippen LogP contribution in [0.3, 0.4) is 0 Å². The standard InChI is InChI=1S/C22H33N3O2.2ClH/c1-24-17-21(8-12-23-13-9-21)16-19(24)20(26)25-14-10-22(27-2,11-15-25)18-6-4-3-5-7-18;;/h3-7,19,23H,8-17H2,1-2H3;2*1H. The third-order valence-corrected chi connectivity index (χ3v) is 7.27. The molecular formula is C22H35Cl2N3O2. The van der Waals surface area contributed by atoms with Crippen LogP contribution in [0.2, 0.25) is 0 Å². The summed E-state index contributed by atoms with van der Waals surface area (Å²) in [6, 6.07) is 10.5. The first-order valence-electron chi connectivity index (χ1n) is 10.4. The summed E-state index contributed by atoms with van der Waals surface area (Å²) < 4.78 is 5.97. The van der Waals surface area contributed by atoms with E-state index in [9.17, 15) is 4.79 Å². The van der Waals surface area contributed by atoms with E-state index in [0.717, 1.165) is 52.0 Å². The van der Waals surface area contributed by atoms with Crippen LogP contribution < -0.4 is 5.32 Å². The lowest BCUT2D eigenvalue weighted by Crippen LogP contribution is -2.51. The van der Waals surface area contributed by atoms with Crippen LogP contribution in [-0.2, 0) is 15.1 Å². The van der Waals surface area contributed by atoms with Crippen molar-refractivity contribution < 1.29 is 9.53 Å². The highest BCUT2D eigenvalue weighted by atomic mass is 35.5. The van der Waals surface area contributed by atoms with E-state index in [1.807, 2.05) is 6.07 Å². The van der Waals surface area contributed by atoms with Crippen molar-refractivity contribution in [3.63, 3.8) is 0 Å². The molecule has 1 N–H and O–H groups in total. The molecule has 0 bridgehead atoms. The Bertz CT molecular complexity index is 659. The molecule has 0 saturated carbocycles. The normalized spacial score (nSPS) is 25.9. The largest absolute Gasteiger partial charge is 0.373 e. The SMILES string of the molecule is COC1(c2ccccc2)CCN(C(=O)C2CC3(CCNCC3)CN2C)CC1.Cl.Cl. The number of ether oxygens (including phenoxy) is 1. The number of halogens is 2. The van der Waals surface area contributed by atoms with E-state index in [4.69, 9.17) is 4.74 Å². The molecule has 1 spiro atoms. The zero-order valence-electron chi connectivity index (χ0n) is 17.6. The summed E-state index contributed by atoms with van der Waals surface area (Å²) in [5.74, 6) is 0.325. The fourth-order valence-corrected chi connectivity index (χ4v) is 5.52. The molecule has 3 aliphatic heterocycles. The molecule has 7 heteroatoms. The topological polar surface area (TPSA) is 44.8 Å². The third-order valence-electron chi connectivity index (χ3n) is 7.27. The highest BCUT2D eigenvalue weighted by molar-refractivity contribution is 5.85. The Morgan fingerprint density at radius 1 is 1.07 bits per heavy atom. The van der Waals surface area contributed by atoms with E-state index in [1.165, 1.54) is 18.4 Å². The summed E-state index contributed by atoms with van der Waals surface area (Å²) in [7, 11) is 3.93. The highest BCUT2D eigenvalue weighted by Gasteiger charge is 2.47. The number of benzene rings is 1. The van der Waals surface area contributed by atoms with Gasteiger partial charge in [-0.1, -0.05) is 30.3 Å². The van der Waals surface area contributed by atoms with Crippen LogP contribution in [0.15, 0.2) is 30.3 Å². The second kappa shape index (κ2) is 9.97. The van der Waals surface area contributed by atoms with Crippen LogP contribution in [0, 0.1) is 5.41 Å². The summed E-state index contributed by atoms with van der Waals surface area (Å²) in [5, 5.41) is 3.46. The number of carbonyl (C=O) groups is 1. The number of carbonyl (C=O) groups excluding carboxylic acids is 1. The first kappa shape index (κ1) is 24.4. The van der Waals surface area contributed by atoms with Crippen molar-refractivity contribution in [1.82, 2.24) is 15.1 Å². The van der Waals surface area contributed by atoms with Gasteiger partial charge < -0.3 is 15.0 Å². The van der Waals surface area contributed by atoms with Crippen LogP contribution >= 0.6 is 24.8 Å². The van der Waals surface area contributed by atoms with E-state index in [2.05, 4.69) is 46.4 Å². The minimum atomic E-state index is -0.254. The van der Waals surface area contributed by atoms with Crippen molar-refractivity contribution in [2.45, 2.75) is 43.7 Å². The number of methoxy groups -OCH3 is 1. The van der Waals surface area contributed by atoms with Gasteiger partial charge in [0.1, 0.15) is 0 Å². The molecule has 164 valence electrons. The van der Waals surface area contributed by atoms with Crippen LogP contribution in [0.1, 0.15) is 37.7 Å². The molecule has 5 nitrogen and oxygen atoms in total. The first-order chi connectivity index (χ1) is 13.1. The van der Waals surface area contributed by atoms with Crippen molar-refractivity contribution in [3.05, 3.63) is 35.9 Å². The zero-order valence-corrected chi connectivity index (χ0v) is 19.2. The lowest BCUT2D eigenvalue weighted by atomic mass is 9.77. The molecule has 0 aliphatic carbocycles. The third kappa shape index (κ3) is 4.75. The van der Waals surface area contributed by atoms with E-state index in [0.29, 0.717) is 11.3 Å². The molecule has 29 heavy (non-hydrogen) atoms. The van der Waals surface area contributed by atoms with Gasteiger partial charge in [0.25, 0.3) is 0 Å². The van der Waals surface area contributed by atoms with E-state index in [1.54, 1.807) is 7.11 Å². The smallest absolute Gasteiger partial charge is 0.239 e. The van der Waals surface area contributed by atoms with Crippen molar-refractivity contribution in [2.75, 3.05) is 46.9 Å². The molecule has 3 heterocycles. The molecule has 1 atom stereocenters. The predicted molar refractivity (Wildman–Crippen MR) is 121 cm³/mol. The molecule has 1 amide bonds. The van der Waals surface area contributed by atoms with Gasteiger partial charge in [-0.15, -0.1) is 24.8 Å². The molecule has 3 fully saturated rings. The Kier molecular flexibility index (Phi) is 8.40. The van der Waals surface area contributed by atoms with Gasteiger partial charge in [0.2, 0.25) is 5.91 Å². The maximum Gasteiger partial charge on any atom is 0.239 e. The maximum absolute atomic E-state index is 13.3. The number of hydrogen-bond donors (Lipinski definition) is 1. The summed E-state index contributed by atoms with van der Waals surface area (Å²) in [6.07, 6.45) is 5.15. The number of likely N-dealkylation sites (tertiary alicyclic amines) is 2. The van der Waals surface area contributed by atoms with Gasteiger partial charge in [-0.3, -0.25) is 9.69 Å². The molecule has 0 aromatic heterocycles. The number of nitrogens with one attached hydrogen (secondary N) is 1. The van der Waals surface area contributed by atoms with Crippen LogP contribution in [0.4, 0.5) is 0 Å². The Balaban J connectivity index is 0.00000150. The molecule has 4 rings (SSSR count). The summed E-state index contributed by atoms with van der Waals surface area (Å²) in [6.45, 7) is 4.80. The molecule has 3 saturated heterocycles. The van der Waals surface area contributed by atoms with Gasteiger partial charge in [0.05, 0.1) is 11.6 Å². The van der Waals surface area contributed by atoms with Gasteiger partial charge in [0.15, 0.2) is 0 Å². The van der Waals surface area contributed by atoms with Crippen molar-refractivity contribution >= 4 is 30.7 Å². The second-order valence-electron chi connectivity index (χ2n) is 8.77. The van der Waals surface area contributed by atoms with E-state index in [-0.39, 0.29) is 36.5 Å². The number of nitrogens with zero attached hydrogens (tertiary/aromatic N) is 2. The Labute approximate surface area is 187 Å². The van der Waals surface area contributed by atoms with Gasteiger partial charge in [-0.25, -0.2) is 0 Å². The van der Waals surface area contributed by atoms with Crippen molar-refractivity contribution in [2.24, 2.45) is 5.41 Å². The van der Waals surface area contributed by atoms with Crippen LogP contribution in [-0.4, -0.2) is 68.6 Å². The van der Waals surface area contributed by atoms with Gasteiger partial charge in [-0.05, 0) is 63.2 Å². The number of piperidine rings is 2. The number of likely N-dealkylation sites (N-methyl/N-ethyl adjacent to an activating group) is 1. The quantitative estimate of drug-likeness (QED) is 0.779.